The minimum absolute atomic E-state index is 0.0380. The summed E-state index contributed by atoms with van der Waals surface area (Å²) in [5.74, 6) is 0.0760. The Morgan fingerprint density at radius 3 is 1.50 bits per heavy atom. The quantitative estimate of drug-likeness (QED) is 0.394. The van der Waals surface area contributed by atoms with E-state index in [0.717, 1.165) is 0 Å². The SMILES string of the molecule is CC(=O)CNNCC(C)=O. The number of carbonyl (C=O) groups excluding carboxylic acids is 2. The summed E-state index contributed by atoms with van der Waals surface area (Å²) >= 11 is 0. The van der Waals surface area contributed by atoms with E-state index < -0.39 is 0 Å². The first-order valence-electron chi connectivity index (χ1n) is 3.07. The molecule has 0 unspecified atom stereocenters. The van der Waals surface area contributed by atoms with Crippen molar-refractivity contribution in [2.24, 2.45) is 0 Å². The number of nitrogens with one attached hydrogen (secondary N) is 2. The van der Waals surface area contributed by atoms with Gasteiger partial charge in [-0.05, 0) is 13.8 Å². The molecule has 0 aromatic heterocycles. The van der Waals surface area contributed by atoms with Crippen molar-refractivity contribution in [1.82, 2.24) is 10.9 Å². The monoisotopic (exact) mass is 144 g/mol. The molecule has 0 saturated heterocycles. The number of carbonyl (C=O) groups is 2. The molecule has 0 radical (unpaired) electrons. The highest BCUT2D eigenvalue weighted by molar-refractivity contribution is 5.78. The molecule has 0 aromatic carbocycles. The van der Waals surface area contributed by atoms with E-state index in [0.29, 0.717) is 0 Å². The zero-order valence-electron chi connectivity index (χ0n) is 6.23. The van der Waals surface area contributed by atoms with Crippen LogP contribution in [0.2, 0.25) is 0 Å². The zero-order valence-corrected chi connectivity index (χ0v) is 6.23. The second-order valence-electron chi connectivity index (χ2n) is 2.11. The third-order valence-electron chi connectivity index (χ3n) is 0.800. The van der Waals surface area contributed by atoms with Crippen molar-refractivity contribution >= 4 is 11.6 Å². The molecule has 10 heavy (non-hydrogen) atoms. The van der Waals surface area contributed by atoms with E-state index in [4.69, 9.17) is 0 Å². The van der Waals surface area contributed by atoms with Gasteiger partial charge in [0.15, 0.2) is 0 Å². The van der Waals surface area contributed by atoms with Crippen LogP contribution >= 0.6 is 0 Å². The lowest BCUT2D eigenvalue weighted by Crippen LogP contribution is -2.38. The molecule has 0 aliphatic heterocycles. The summed E-state index contributed by atoms with van der Waals surface area (Å²) in [4.78, 5) is 20.6. The van der Waals surface area contributed by atoms with Gasteiger partial charge in [-0.25, -0.2) is 0 Å². The van der Waals surface area contributed by atoms with Crippen molar-refractivity contribution in [1.29, 1.82) is 0 Å². The molecule has 0 heterocycles. The fraction of sp³-hybridized carbons (Fsp3) is 0.667. The van der Waals surface area contributed by atoms with E-state index in [1.54, 1.807) is 0 Å². The lowest BCUT2D eigenvalue weighted by Gasteiger charge is -2.00. The lowest BCUT2D eigenvalue weighted by atomic mass is 10.4. The van der Waals surface area contributed by atoms with Crippen LogP contribution in [0, 0.1) is 0 Å². The summed E-state index contributed by atoms with van der Waals surface area (Å²) in [5, 5.41) is 0. The van der Waals surface area contributed by atoms with Crippen LogP contribution in [0.15, 0.2) is 0 Å². The van der Waals surface area contributed by atoms with Gasteiger partial charge in [0.2, 0.25) is 0 Å². The maximum Gasteiger partial charge on any atom is 0.144 e. The third-order valence-corrected chi connectivity index (χ3v) is 0.800. The first-order chi connectivity index (χ1) is 4.63. The molecular formula is C6H12N2O2. The Kier molecular flexibility index (Phi) is 4.70. The molecule has 0 aliphatic rings. The second-order valence-corrected chi connectivity index (χ2v) is 2.11. The molecule has 0 aromatic rings. The van der Waals surface area contributed by atoms with Crippen molar-refractivity contribution < 1.29 is 9.59 Å². The summed E-state index contributed by atoms with van der Waals surface area (Å²) < 4.78 is 0. The molecule has 0 aliphatic carbocycles. The normalized spacial score (nSPS) is 9.40. The molecule has 58 valence electrons. The maximum atomic E-state index is 10.3. The average molecular weight is 144 g/mol. The van der Waals surface area contributed by atoms with Gasteiger partial charge in [-0.2, -0.15) is 0 Å². The van der Waals surface area contributed by atoms with Gasteiger partial charge in [0.05, 0.1) is 13.1 Å². The van der Waals surface area contributed by atoms with Gasteiger partial charge in [-0.3, -0.25) is 20.4 Å². The Balaban J connectivity index is 3.06. The summed E-state index contributed by atoms with van der Waals surface area (Å²) in [7, 11) is 0. The Hall–Kier alpha value is -0.740. The Morgan fingerprint density at radius 2 is 1.30 bits per heavy atom. The molecule has 0 spiro atoms. The number of rotatable bonds is 5. The predicted molar refractivity (Wildman–Crippen MR) is 37.4 cm³/mol. The number of Topliss-reactive ketones (excluding diaryl/α,β-unsaturated/α-hetero) is 2. The van der Waals surface area contributed by atoms with Gasteiger partial charge in [0.25, 0.3) is 0 Å². The van der Waals surface area contributed by atoms with Crippen LogP contribution in [-0.2, 0) is 9.59 Å². The number of hydrogen-bond acceptors (Lipinski definition) is 4. The van der Waals surface area contributed by atoms with Crippen molar-refractivity contribution in [3.63, 3.8) is 0 Å². The predicted octanol–water partition coefficient (Wildman–Crippen LogP) is -0.741. The van der Waals surface area contributed by atoms with E-state index in [1.807, 2.05) is 0 Å². The summed E-state index contributed by atoms with van der Waals surface area (Å²) in [6.07, 6.45) is 0. The van der Waals surface area contributed by atoms with Crippen LogP contribution in [0.4, 0.5) is 0 Å². The van der Waals surface area contributed by atoms with Crippen molar-refractivity contribution in [2.45, 2.75) is 13.8 Å². The maximum absolute atomic E-state index is 10.3. The number of ketones is 2. The Labute approximate surface area is 60.0 Å². The first-order valence-corrected chi connectivity index (χ1v) is 3.07. The summed E-state index contributed by atoms with van der Waals surface area (Å²) in [6, 6.07) is 0. The van der Waals surface area contributed by atoms with E-state index in [1.165, 1.54) is 13.8 Å². The highest BCUT2D eigenvalue weighted by Crippen LogP contribution is 1.62. The first kappa shape index (κ1) is 9.26. The average Bonchev–Trinajstić information content (AvgIpc) is 1.79. The molecule has 4 nitrogen and oxygen atoms in total. The van der Waals surface area contributed by atoms with E-state index in [-0.39, 0.29) is 24.7 Å². The van der Waals surface area contributed by atoms with Gasteiger partial charge in [0, 0.05) is 0 Å². The second kappa shape index (κ2) is 5.08. The van der Waals surface area contributed by atoms with Gasteiger partial charge >= 0.3 is 0 Å². The number of hydrazine groups is 1. The Morgan fingerprint density at radius 1 is 1.00 bits per heavy atom. The third kappa shape index (κ3) is 7.26. The summed E-state index contributed by atoms with van der Waals surface area (Å²) in [6.45, 7) is 3.46. The Bertz CT molecular complexity index is 118. The number of hydrogen-bond donors (Lipinski definition) is 2. The standard InChI is InChI=1S/C6H12N2O2/c1-5(9)3-7-8-4-6(2)10/h7-8H,3-4H2,1-2H3. The van der Waals surface area contributed by atoms with Gasteiger partial charge in [-0.15, -0.1) is 0 Å². The molecule has 0 atom stereocenters. The lowest BCUT2D eigenvalue weighted by molar-refractivity contribution is -0.118. The fourth-order valence-electron chi connectivity index (χ4n) is 0.374. The molecular weight excluding hydrogens is 132 g/mol. The van der Waals surface area contributed by atoms with Gasteiger partial charge in [0.1, 0.15) is 11.6 Å². The molecule has 4 heteroatoms. The van der Waals surface area contributed by atoms with Crippen LogP contribution in [-0.4, -0.2) is 24.7 Å². The fourth-order valence-corrected chi connectivity index (χ4v) is 0.374. The van der Waals surface area contributed by atoms with E-state index in [2.05, 4.69) is 10.9 Å². The van der Waals surface area contributed by atoms with Crippen molar-refractivity contribution in [2.75, 3.05) is 13.1 Å². The van der Waals surface area contributed by atoms with Crippen LogP contribution in [0.5, 0.6) is 0 Å². The van der Waals surface area contributed by atoms with E-state index in [9.17, 15) is 9.59 Å². The van der Waals surface area contributed by atoms with Crippen LogP contribution in [0.3, 0.4) is 0 Å². The molecule has 0 amide bonds. The molecule has 2 N–H and O–H groups in total. The van der Waals surface area contributed by atoms with Crippen LogP contribution < -0.4 is 10.9 Å². The minimum atomic E-state index is 0.0380. The topological polar surface area (TPSA) is 58.2 Å². The molecule has 0 saturated carbocycles. The van der Waals surface area contributed by atoms with Crippen molar-refractivity contribution in [3.8, 4) is 0 Å². The van der Waals surface area contributed by atoms with Gasteiger partial charge < -0.3 is 0 Å². The minimum Gasteiger partial charge on any atom is -0.299 e. The highest BCUT2D eigenvalue weighted by atomic mass is 16.1. The van der Waals surface area contributed by atoms with Crippen LogP contribution in [0.25, 0.3) is 0 Å². The molecule has 0 bridgehead atoms. The summed E-state index contributed by atoms with van der Waals surface area (Å²) in [5.41, 5.74) is 5.19. The van der Waals surface area contributed by atoms with Crippen LogP contribution in [0.1, 0.15) is 13.8 Å². The molecule has 0 fully saturated rings. The van der Waals surface area contributed by atoms with Gasteiger partial charge in [-0.1, -0.05) is 0 Å². The smallest absolute Gasteiger partial charge is 0.144 e. The largest absolute Gasteiger partial charge is 0.299 e. The molecule has 0 rings (SSSR count). The highest BCUT2D eigenvalue weighted by Gasteiger charge is 1.92. The van der Waals surface area contributed by atoms with Crippen molar-refractivity contribution in [3.05, 3.63) is 0 Å². The van der Waals surface area contributed by atoms with E-state index >= 15 is 0 Å². The zero-order chi connectivity index (χ0) is 7.98.